The minimum atomic E-state index is -0.124. The van der Waals surface area contributed by atoms with Crippen molar-refractivity contribution < 1.29 is 19.0 Å². The first kappa shape index (κ1) is 44.4. The van der Waals surface area contributed by atoms with Gasteiger partial charge in [0.1, 0.15) is 18.1 Å². The van der Waals surface area contributed by atoms with Crippen LogP contribution in [0, 0.1) is 0 Å². The second-order valence-electron chi connectivity index (χ2n) is 15.2. The van der Waals surface area contributed by atoms with Crippen molar-refractivity contribution in [3.05, 3.63) is 23.8 Å². The number of benzene rings is 1. The fourth-order valence-electron chi connectivity index (χ4n) is 6.90. The van der Waals surface area contributed by atoms with E-state index in [-0.39, 0.29) is 12.6 Å². The SMILES string of the molecule is CCCCCCCCCCCCCCOc1cc(COC(=O)CCCN2CCN(C)CC2)cc(OCCCCCCCCCCCCCC)c1. The van der Waals surface area contributed by atoms with E-state index in [0.717, 1.165) is 69.0 Å². The van der Waals surface area contributed by atoms with Crippen LogP contribution in [0.3, 0.4) is 0 Å². The van der Waals surface area contributed by atoms with E-state index in [0.29, 0.717) is 19.6 Å². The predicted molar refractivity (Wildman–Crippen MR) is 213 cm³/mol. The first-order valence-electron chi connectivity index (χ1n) is 21.6. The first-order valence-corrected chi connectivity index (χ1v) is 21.6. The molecule has 6 nitrogen and oxygen atoms in total. The summed E-state index contributed by atoms with van der Waals surface area (Å²) >= 11 is 0. The highest BCUT2D eigenvalue weighted by atomic mass is 16.5. The molecule has 0 unspecified atom stereocenters. The number of hydrogen-bond donors (Lipinski definition) is 0. The molecule has 290 valence electrons. The van der Waals surface area contributed by atoms with Crippen molar-refractivity contribution in [3.8, 4) is 11.5 Å². The molecule has 0 radical (unpaired) electrons. The van der Waals surface area contributed by atoms with E-state index in [2.05, 4.69) is 30.7 Å². The number of carbonyl (C=O) groups is 1. The average Bonchev–Trinajstić information content (AvgIpc) is 3.12. The normalized spacial score (nSPS) is 13.9. The van der Waals surface area contributed by atoms with Gasteiger partial charge in [0, 0.05) is 38.7 Å². The van der Waals surface area contributed by atoms with Crippen LogP contribution in [-0.4, -0.2) is 68.8 Å². The Morgan fingerprint density at radius 3 is 1.36 bits per heavy atom. The Morgan fingerprint density at radius 1 is 0.540 bits per heavy atom. The van der Waals surface area contributed by atoms with E-state index in [1.165, 1.54) is 141 Å². The van der Waals surface area contributed by atoms with Crippen LogP contribution >= 0.6 is 0 Å². The van der Waals surface area contributed by atoms with E-state index in [1.807, 2.05) is 18.2 Å². The quantitative estimate of drug-likeness (QED) is 0.0527. The minimum absolute atomic E-state index is 0.124. The van der Waals surface area contributed by atoms with Gasteiger partial charge in [0.2, 0.25) is 0 Å². The molecule has 50 heavy (non-hydrogen) atoms. The van der Waals surface area contributed by atoms with Gasteiger partial charge < -0.3 is 24.0 Å². The second-order valence-corrected chi connectivity index (χ2v) is 15.2. The number of carbonyl (C=O) groups excluding carboxylic acids is 1. The highest BCUT2D eigenvalue weighted by Crippen LogP contribution is 2.25. The van der Waals surface area contributed by atoms with Gasteiger partial charge in [-0.25, -0.2) is 0 Å². The largest absolute Gasteiger partial charge is 0.493 e. The van der Waals surface area contributed by atoms with E-state index >= 15 is 0 Å². The molecule has 1 heterocycles. The summed E-state index contributed by atoms with van der Waals surface area (Å²) in [5.41, 5.74) is 0.939. The number of nitrogens with zero attached hydrogens (tertiary/aromatic N) is 2. The maximum absolute atomic E-state index is 12.6. The number of likely N-dealkylation sites (N-methyl/N-ethyl adjacent to an activating group) is 1. The summed E-state index contributed by atoms with van der Waals surface area (Å²) in [7, 11) is 2.17. The smallest absolute Gasteiger partial charge is 0.306 e. The molecule has 0 saturated carbocycles. The fourth-order valence-corrected chi connectivity index (χ4v) is 6.90. The molecule has 0 amide bonds. The summed E-state index contributed by atoms with van der Waals surface area (Å²) in [6, 6.07) is 6.06. The molecule has 2 rings (SSSR count). The van der Waals surface area contributed by atoms with Gasteiger partial charge in [0.05, 0.1) is 13.2 Å². The Morgan fingerprint density at radius 2 is 0.940 bits per heavy atom. The van der Waals surface area contributed by atoms with Crippen molar-refractivity contribution >= 4 is 5.97 Å². The van der Waals surface area contributed by atoms with Crippen LogP contribution < -0.4 is 9.47 Å². The summed E-state index contributed by atoms with van der Waals surface area (Å²) in [6.45, 7) is 11.6. The number of piperazine rings is 1. The number of hydrogen-bond acceptors (Lipinski definition) is 6. The lowest BCUT2D eigenvalue weighted by Crippen LogP contribution is -2.44. The van der Waals surface area contributed by atoms with Gasteiger partial charge in [-0.15, -0.1) is 0 Å². The molecule has 1 aromatic rings. The molecule has 0 N–H and O–H groups in total. The molecule has 1 saturated heterocycles. The van der Waals surface area contributed by atoms with Gasteiger partial charge in [0.15, 0.2) is 0 Å². The van der Waals surface area contributed by atoms with Crippen molar-refractivity contribution in [1.82, 2.24) is 9.80 Å². The Kier molecular flexibility index (Phi) is 28.3. The van der Waals surface area contributed by atoms with Crippen LogP contribution in [0.15, 0.2) is 18.2 Å². The van der Waals surface area contributed by atoms with Gasteiger partial charge in [-0.1, -0.05) is 155 Å². The molecule has 0 spiro atoms. The maximum Gasteiger partial charge on any atom is 0.306 e. The predicted octanol–water partition coefficient (Wildman–Crippen LogP) is 11.9. The van der Waals surface area contributed by atoms with Crippen LogP contribution in [0.1, 0.15) is 186 Å². The van der Waals surface area contributed by atoms with Crippen LogP contribution in [0.2, 0.25) is 0 Å². The second kappa shape index (κ2) is 31.9. The molecular weight excluding hydrogens is 620 g/mol. The summed E-state index contributed by atoms with van der Waals surface area (Å²) < 4.78 is 18.1. The molecule has 0 bridgehead atoms. The Balaban J connectivity index is 1.68. The lowest BCUT2D eigenvalue weighted by molar-refractivity contribution is -0.145. The Bertz CT molecular complexity index is 869. The van der Waals surface area contributed by atoms with Crippen molar-refractivity contribution in [2.45, 2.75) is 187 Å². The molecule has 0 aliphatic carbocycles. The van der Waals surface area contributed by atoms with E-state index in [1.54, 1.807) is 0 Å². The summed E-state index contributed by atoms with van der Waals surface area (Å²) in [4.78, 5) is 17.4. The van der Waals surface area contributed by atoms with Crippen molar-refractivity contribution in [2.75, 3.05) is 53.0 Å². The standard InChI is InChI=1S/C44H80N2O4/c1-4-6-8-10-12-14-16-18-20-22-24-26-35-48-42-37-41(40-50-44(47)29-28-30-46-33-31-45(3)32-34-46)38-43(39-42)49-36-27-25-23-21-19-17-15-13-11-9-7-5-2/h37-39H,4-36,40H2,1-3H3. The number of unbranched alkanes of at least 4 members (excludes halogenated alkanes) is 22. The molecule has 1 aromatic carbocycles. The zero-order chi connectivity index (χ0) is 35.7. The zero-order valence-corrected chi connectivity index (χ0v) is 33.3. The zero-order valence-electron chi connectivity index (χ0n) is 33.3. The van der Waals surface area contributed by atoms with Crippen LogP contribution in [0.25, 0.3) is 0 Å². The van der Waals surface area contributed by atoms with Gasteiger partial charge in [0.25, 0.3) is 0 Å². The van der Waals surface area contributed by atoms with Gasteiger partial charge in [-0.05, 0) is 50.6 Å². The first-order chi connectivity index (χ1) is 24.6. The molecular formula is C44H80N2O4. The van der Waals surface area contributed by atoms with E-state index in [9.17, 15) is 4.79 Å². The van der Waals surface area contributed by atoms with Crippen LogP contribution in [0.4, 0.5) is 0 Å². The number of esters is 1. The molecule has 6 heteroatoms. The highest BCUT2D eigenvalue weighted by molar-refractivity contribution is 5.69. The Labute approximate surface area is 309 Å². The third-order valence-corrected chi connectivity index (χ3v) is 10.3. The van der Waals surface area contributed by atoms with Gasteiger partial charge in [-0.3, -0.25) is 4.79 Å². The van der Waals surface area contributed by atoms with Gasteiger partial charge in [-0.2, -0.15) is 0 Å². The molecule has 0 aromatic heterocycles. The third kappa shape index (κ3) is 25.2. The van der Waals surface area contributed by atoms with Crippen LogP contribution in [-0.2, 0) is 16.1 Å². The third-order valence-electron chi connectivity index (χ3n) is 10.3. The van der Waals surface area contributed by atoms with Gasteiger partial charge >= 0.3 is 5.97 Å². The highest BCUT2D eigenvalue weighted by Gasteiger charge is 2.14. The van der Waals surface area contributed by atoms with Crippen molar-refractivity contribution in [3.63, 3.8) is 0 Å². The van der Waals surface area contributed by atoms with Crippen molar-refractivity contribution in [1.29, 1.82) is 0 Å². The van der Waals surface area contributed by atoms with E-state index < -0.39 is 0 Å². The number of rotatable bonds is 34. The summed E-state index contributed by atoms with van der Waals surface area (Å²) in [6.07, 6.45) is 33.4. The van der Waals surface area contributed by atoms with E-state index in [4.69, 9.17) is 14.2 Å². The monoisotopic (exact) mass is 701 g/mol. The maximum atomic E-state index is 12.6. The van der Waals surface area contributed by atoms with Crippen molar-refractivity contribution in [2.24, 2.45) is 0 Å². The average molecular weight is 701 g/mol. The molecule has 0 atom stereocenters. The molecule has 1 fully saturated rings. The Hall–Kier alpha value is -1.79. The fraction of sp³-hybridized carbons (Fsp3) is 0.841. The lowest BCUT2D eigenvalue weighted by atomic mass is 10.1. The summed E-state index contributed by atoms with van der Waals surface area (Å²) in [5, 5.41) is 0. The molecule has 1 aliphatic heterocycles. The number of ether oxygens (including phenoxy) is 3. The summed E-state index contributed by atoms with van der Waals surface area (Å²) in [5.74, 6) is 1.52. The van der Waals surface area contributed by atoms with Crippen LogP contribution in [0.5, 0.6) is 11.5 Å². The molecule has 1 aliphatic rings. The topological polar surface area (TPSA) is 51.2 Å². The lowest BCUT2D eigenvalue weighted by Gasteiger charge is -2.32. The minimum Gasteiger partial charge on any atom is -0.493 e.